The van der Waals surface area contributed by atoms with Crippen molar-refractivity contribution < 1.29 is 4.74 Å². The standard InChI is InChI=1S/C30H20ClN3O3/c31-25-11-5-2-8-21(25)18-37-28-12-6-4-10-23(28)19-13-14-24-26(15-19)33-30(36)34(29(24)35)27-17-32-16-20-7-1-3-9-22(20)27/h1-17H,18H2,(H,33,36). The van der Waals surface area contributed by atoms with Crippen LogP contribution in [0.1, 0.15) is 5.56 Å². The van der Waals surface area contributed by atoms with Gasteiger partial charge in [0.25, 0.3) is 5.56 Å². The zero-order chi connectivity index (χ0) is 25.4. The summed E-state index contributed by atoms with van der Waals surface area (Å²) < 4.78 is 7.24. The summed E-state index contributed by atoms with van der Waals surface area (Å²) in [5.74, 6) is 0.666. The number of rotatable bonds is 5. The minimum Gasteiger partial charge on any atom is -0.488 e. The summed E-state index contributed by atoms with van der Waals surface area (Å²) in [6.07, 6.45) is 3.24. The van der Waals surface area contributed by atoms with Crippen molar-refractivity contribution in [2.75, 3.05) is 0 Å². The lowest BCUT2D eigenvalue weighted by molar-refractivity contribution is 0.307. The molecule has 6 aromatic rings. The zero-order valence-electron chi connectivity index (χ0n) is 19.5. The van der Waals surface area contributed by atoms with E-state index >= 15 is 0 Å². The van der Waals surface area contributed by atoms with Crippen LogP contribution in [0.2, 0.25) is 5.02 Å². The molecule has 4 aromatic carbocycles. The topological polar surface area (TPSA) is 77.0 Å². The number of nitrogens with one attached hydrogen (secondary N) is 1. The number of pyridine rings is 1. The van der Waals surface area contributed by atoms with Gasteiger partial charge in [0.1, 0.15) is 12.4 Å². The molecule has 37 heavy (non-hydrogen) atoms. The number of H-pyrrole nitrogens is 1. The third kappa shape index (κ3) is 4.17. The Kier molecular flexibility index (Phi) is 5.79. The van der Waals surface area contributed by atoms with Gasteiger partial charge in [-0.3, -0.25) is 9.78 Å². The van der Waals surface area contributed by atoms with Gasteiger partial charge < -0.3 is 9.72 Å². The summed E-state index contributed by atoms with van der Waals surface area (Å²) in [7, 11) is 0. The third-order valence-corrected chi connectivity index (χ3v) is 6.69. The predicted molar refractivity (Wildman–Crippen MR) is 147 cm³/mol. The molecule has 0 unspecified atom stereocenters. The van der Waals surface area contributed by atoms with E-state index in [1.54, 1.807) is 18.3 Å². The molecule has 7 heteroatoms. The molecule has 2 aromatic heterocycles. The number of aromatic amines is 1. The highest BCUT2D eigenvalue weighted by molar-refractivity contribution is 6.31. The predicted octanol–water partition coefficient (Wildman–Crippen LogP) is 6.13. The van der Waals surface area contributed by atoms with Gasteiger partial charge in [-0.2, -0.15) is 0 Å². The number of nitrogens with zero attached hydrogens (tertiary/aromatic N) is 2. The van der Waals surface area contributed by atoms with E-state index in [1.165, 1.54) is 6.20 Å². The molecule has 6 rings (SSSR count). The van der Waals surface area contributed by atoms with Crippen LogP contribution >= 0.6 is 11.6 Å². The number of hydrogen-bond acceptors (Lipinski definition) is 4. The first-order chi connectivity index (χ1) is 18.1. The highest BCUT2D eigenvalue weighted by Gasteiger charge is 2.14. The molecule has 0 atom stereocenters. The Labute approximate surface area is 216 Å². The smallest absolute Gasteiger partial charge is 0.333 e. The van der Waals surface area contributed by atoms with Crippen LogP contribution in [0.4, 0.5) is 0 Å². The molecule has 0 saturated carbocycles. The molecule has 0 bridgehead atoms. The van der Waals surface area contributed by atoms with Crippen molar-refractivity contribution in [3.05, 3.63) is 135 Å². The molecular weight excluding hydrogens is 486 g/mol. The van der Waals surface area contributed by atoms with Gasteiger partial charge in [-0.25, -0.2) is 9.36 Å². The maximum atomic E-state index is 13.5. The molecule has 0 radical (unpaired) electrons. The van der Waals surface area contributed by atoms with E-state index in [2.05, 4.69) is 9.97 Å². The summed E-state index contributed by atoms with van der Waals surface area (Å²) in [6.45, 7) is 0.310. The minimum atomic E-state index is -0.531. The summed E-state index contributed by atoms with van der Waals surface area (Å²) in [5.41, 5.74) is 2.46. The van der Waals surface area contributed by atoms with Crippen LogP contribution < -0.4 is 16.0 Å². The number of ether oxygens (including phenoxy) is 1. The average Bonchev–Trinajstić information content (AvgIpc) is 2.92. The molecule has 0 fully saturated rings. The fraction of sp³-hybridized carbons (Fsp3) is 0.0333. The zero-order valence-corrected chi connectivity index (χ0v) is 20.3. The summed E-state index contributed by atoms with van der Waals surface area (Å²) in [6, 6.07) is 28.0. The van der Waals surface area contributed by atoms with E-state index < -0.39 is 11.2 Å². The molecule has 180 valence electrons. The average molecular weight is 506 g/mol. The van der Waals surface area contributed by atoms with E-state index in [0.29, 0.717) is 34.0 Å². The van der Waals surface area contributed by atoms with E-state index in [9.17, 15) is 9.59 Å². The first-order valence-corrected chi connectivity index (χ1v) is 12.1. The van der Waals surface area contributed by atoms with Gasteiger partial charge in [-0.1, -0.05) is 78.3 Å². The Morgan fingerprint density at radius 2 is 1.62 bits per heavy atom. The van der Waals surface area contributed by atoms with Crippen molar-refractivity contribution in [2.45, 2.75) is 6.61 Å². The van der Waals surface area contributed by atoms with Crippen molar-refractivity contribution in [3.8, 4) is 22.6 Å². The Bertz CT molecular complexity index is 1900. The molecule has 0 spiro atoms. The van der Waals surface area contributed by atoms with E-state index in [-0.39, 0.29) is 0 Å². The second kappa shape index (κ2) is 9.41. The second-order valence-corrected chi connectivity index (χ2v) is 8.99. The van der Waals surface area contributed by atoms with Crippen molar-refractivity contribution in [1.29, 1.82) is 0 Å². The highest BCUT2D eigenvalue weighted by Crippen LogP contribution is 2.32. The van der Waals surface area contributed by atoms with Gasteiger partial charge in [0, 0.05) is 33.1 Å². The number of fused-ring (bicyclic) bond motifs is 2. The normalized spacial score (nSPS) is 11.2. The lowest BCUT2D eigenvalue weighted by Crippen LogP contribution is -2.33. The Morgan fingerprint density at radius 3 is 2.51 bits per heavy atom. The van der Waals surface area contributed by atoms with Crippen LogP contribution in [0.5, 0.6) is 5.75 Å². The monoisotopic (exact) mass is 505 g/mol. The Hall–Kier alpha value is -4.68. The van der Waals surface area contributed by atoms with Crippen LogP contribution in [0.3, 0.4) is 0 Å². The van der Waals surface area contributed by atoms with Crippen LogP contribution in [0.15, 0.2) is 113 Å². The summed E-state index contributed by atoms with van der Waals surface area (Å²) in [4.78, 5) is 33.7. The molecule has 6 nitrogen and oxygen atoms in total. The van der Waals surface area contributed by atoms with E-state index in [4.69, 9.17) is 16.3 Å². The third-order valence-electron chi connectivity index (χ3n) is 6.32. The first kappa shape index (κ1) is 22.8. The van der Waals surface area contributed by atoms with Gasteiger partial charge >= 0.3 is 5.69 Å². The number of benzene rings is 4. The van der Waals surface area contributed by atoms with Crippen molar-refractivity contribution in [1.82, 2.24) is 14.5 Å². The molecule has 0 aliphatic heterocycles. The lowest BCUT2D eigenvalue weighted by Gasteiger charge is -2.13. The number of para-hydroxylation sites is 1. The molecule has 0 saturated heterocycles. The first-order valence-electron chi connectivity index (χ1n) is 11.7. The van der Waals surface area contributed by atoms with Crippen LogP contribution in [0, 0.1) is 0 Å². The van der Waals surface area contributed by atoms with Crippen LogP contribution in [-0.4, -0.2) is 14.5 Å². The van der Waals surface area contributed by atoms with Crippen molar-refractivity contribution in [3.63, 3.8) is 0 Å². The highest BCUT2D eigenvalue weighted by atomic mass is 35.5. The minimum absolute atomic E-state index is 0.310. The Balaban J connectivity index is 1.42. The van der Waals surface area contributed by atoms with Crippen molar-refractivity contribution >= 4 is 33.3 Å². The molecule has 0 amide bonds. The lowest BCUT2D eigenvalue weighted by atomic mass is 10.0. The summed E-state index contributed by atoms with van der Waals surface area (Å²) in [5, 5.41) is 2.65. The largest absolute Gasteiger partial charge is 0.488 e. The molecule has 0 aliphatic carbocycles. The molecule has 2 heterocycles. The van der Waals surface area contributed by atoms with Crippen LogP contribution in [0.25, 0.3) is 38.5 Å². The molecule has 0 aliphatic rings. The maximum absolute atomic E-state index is 13.5. The van der Waals surface area contributed by atoms with Crippen LogP contribution in [-0.2, 0) is 6.61 Å². The fourth-order valence-corrected chi connectivity index (χ4v) is 4.68. The fourth-order valence-electron chi connectivity index (χ4n) is 4.48. The van der Waals surface area contributed by atoms with Crippen molar-refractivity contribution in [2.24, 2.45) is 0 Å². The Morgan fingerprint density at radius 1 is 0.838 bits per heavy atom. The van der Waals surface area contributed by atoms with E-state index in [1.807, 2.05) is 78.9 Å². The van der Waals surface area contributed by atoms with Gasteiger partial charge in [-0.15, -0.1) is 0 Å². The molecule has 1 N–H and O–H groups in total. The van der Waals surface area contributed by atoms with Gasteiger partial charge in [0.05, 0.1) is 22.8 Å². The molecular formula is C30H20ClN3O3. The number of aromatic nitrogens is 3. The number of halogens is 1. The van der Waals surface area contributed by atoms with E-state index in [0.717, 1.165) is 32.0 Å². The SMILES string of the molecule is O=c1[nH]c2cc(-c3ccccc3OCc3ccccc3Cl)ccc2c(=O)n1-c1cncc2ccccc12. The maximum Gasteiger partial charge on any atom is 0.333 e. The quantitative estimate of drug-likeness (QED) is 0.306. The van der Waals surface area contributed by atoms with Gasteiger partial charge in [-0.05, 0) is 29.8 Å². The number of hydrogen-bond donors (Lipinski definition) is 1. The second-order valence-electron chi connectivity index (χ2n) is 8.59. The van der Waals surface area contributed by atoms with Gasteiger partial charge in [0.2, 0.25) is 0 Å². The summed E-state index contributed by atoms with van der Waals surface area (Å²) >= 11 is 6.28. The van der Waals surface area contributed by atoms with Gasteiger partial charge in [0.15, 0.2) is 0 Å².